The summed E-state index contributed by atoms with van der Waals surface area (Å²) >= 11 is 0. The van der Waals surface area contributed by atoms with Crippen molar-refractivity contribution in [2.45, 2.75) is 51.5 Å². The van der Waals surface area contributed by atoms with Gasteiger partial charge in [-0.05, 0) is 32.6 Å². The number of carbonyl (C=O) groups is 2. The third-order valence-corrected chi connectivity index (χ3v) is 3.76. The molecular weight excluding hydrogens is 232 g/mol. The van der Waals surface area contributed by atoms with Gasteiger partial charge in [0.15, 0.2) is 0 Å². The maximum atomic E-state index is 12.3. The normalized spacial score (nSPS) is 23.8. The molecule has 1 fully saturated rings. The van der Waals surface area contributed by atoms with Crippen LogP contribution in [0.25, 0.3) is 0 Å². The van der Waals surface area contributed by atoms with Gasteiger partial charge in [0.2, 0.25) is 0 Å². The molecule has 1 saturated heterocycles. The number of rotatable bonds is 4. The molecule has 5 nitrogen and oxygen atoms in total. The first-order valence-corrected chi connectivity index (χ1v) is 6.69. The van der Waals surface area contributed by atoms with Crippen LogP contribution >= 0.6 is 0 Å². The van der Waals surface area contributed by atoms with Gasteiger partial charge in [-0.15, -0.1) is 0 Å². The average Bonchev–Trinajstić information content (AvgIpc) is 2.35. The minimum atomic E-state index is -1.05. The van der Waals surface area contributed by atoms with Crippen LogP contribution in [0.3, 0.4) is 0 Å². The molecule has 1 atom stereocenters. The number of urea groups is 1. The summed E-state index contributed by atoms with van der Waals surface area (Å²) in [6, 6.07) is -0.159. The largest absolute Gasteiger partial charge is 0.480 e. The molecule has 104 valence electrons. The molecule has 0 aromatic heterocycles. The Morgan fingerprint density at radius 2 is 2.06 bits per heavy atom. The highest BCUT2D eigenvalue weighted by molar-refractivity contribution is 5.86. The maximum Gasteiger partial charge on any atom is 0.329 e. The second kappa shape index (κ2) is 6.07. The Balaban J connectivity index is 2.77. The lowest BCUT2D eigenvalue weighted by molar-refractivity contribution is -0.150. The Morgan fingerprint density at radius 1 is 1.39 bits per heavy atom. The molecule has 1 rings (SSSR count). The van der Waals surface area contributed by atoms with E-state index < -0.39 is 11.5 Å². The van der Waals surface area contributed by atoms with Crippen LogP contribution < -0.4 is 0 Å². The molecule has 1 N–H and O–H groups in total. The van der Waals surface area contributed by atoms with Gasteiger partial charge in [-0.1, -0.05) is 13.3 Å². The number of carboxylic acid groups (broad SMARTS) is 1. The standard InChI is InChI=1S/C13H24N2O3/c1-4-5-9-14(3)12(18)15-10-7-6-8-13(15,2)11(16)17/h4-10H2,1-3H3,(H,16,17). The number of carbonyl (C=O) groups excluding carboxylic acids is 1. The van der Waals surface area contributed by atoms with E-state index in [1.54, 1.807) is 18.9 Å². The number of piperidine rings is 1. The molecular formula is C13H24N2O3. The SMILES string of the molecule is CCCCN(C)C(=O)N1CCCCC1(C)C(=O)O. The Hall–Kier alpha value is -1.26. The van der Waals surface area contributed by atoms with Crippen LogP contribution in [0.15, 0.2) is 0 Å². The summed E-state index contributed by atoms with van der Waals surface area (Å²) in [5.74, 6) is -0.903. The van der Waals surface area contributed by atoms with E-state index in [-0.39, 0.29) is 6.03 Å². The van der Waals surface area contributed by atoms with Gasteiger partial charge in [-0.2, -0.15) is 0 Å². The van der Waals surface area contributed by atoms with Crippen molar-refractivity contribution in [2.75, 3.05) is 20.1 Å². The van der Waals surface area contributed by atoms with Crippen molar-refractivity contribution in [3.8, 4) is 0 Å². The number of nitrogens with zero attached hydrogens (tertiary/aromatic N) is 2. The number of carboxylic acids is 1. The Kier molecular flexibility index (Phi) is 4.99. The van der Waals surface area contributed by atoms with Crippen LogP contribution in [-0.4, -0.2) is 52.6 Å². The van der Waals surface area contributed by atoms with Gasteiger partial charge in [-0.3, -0.25) is 0 Å². The number of likely N-dealkylation sites (tertiary alicyclic amines) is 1. The van der Waals surface area contributed by atoms with Crippen molar-refractivity contribution in [1.29, 1.82) is 0 Å². The number of aliphatic carboxylic acids is 1. The number of hydrogen-bond acceptors (Lipinski definition) is 2. The van der Waals surface area contributed by atoms with Gasteiger partial charge in [0.1, 0.15) is 5.54 Å². The van der Waals surface area contributed by atoms with E-state index in [1.165, 1.54) is 4.90 Å². The predicted molar refractivity (Wildman–Crippen MR) is 69.5 cm³/mol. The topological polar surface area (TPSA) is 60.9 Å². The van der Waals surface area contributed by atoms with Gasteiger partial charge >= 0.3 is 12.0 Å². The van der Waals surface area contributed by atoms with Crippen molar-refractivity contribution in [3.63, 3.8) is 0 Å². The molecule has 18 heavy (non-hydrogen) atoms. The van der Waals surface area contributed by atoms with Gasteiger partial charge in [0, 0.05) is 20.1 Å². The minimum absolute atomic E-state index is 0.159. The zero-order valence-electron chi connectivity index (χ0n) is 11.6. The first-order valence-electron chi connectivity index (χ1n) is 6.69. The van der Waals surface area contributed by atoms with Crippen LogP contribution in [0.1, 0.15) is 46.0 Å². The lowest BCUT2D eigenvalue weighted by Crippen LogP contribution is -2.60. The Morgan fingerprint density at radius 3 is 2.61 bits per heavy atom. The van der Waals surface area contributed by atoms with Crippen LogP contribution in [-0.2, 0) is 4.79 Å². The second-order valence-corrected chi connectivity index (χ2v) is 5.25. The summed E-state index contributed by atoms with van der Waals surface area (Å²) in [6.07, 6.45) is 4.25. The molecule has 5 heteroatoms. The first kappa shape index (κ1) is 14.8. The molecule has 0 aliphatic carbocycles. The summed E-state index contributed by atoms with van der Waals surface area (Å²) < 4.78 is 0. The van der Waals surface area contributed by atoms with E-state index in [4.69, 9.17) is 0 Å². The highest BCUT2D eigenvalue weighted by Gasteiger charge is 2.44. The lowest BCUT2D eigenvalue weighted by atomic mass is 9.89. The fraction of sp³-hybridized carbons (Fsp3) is 0.846. The zero-order valence-corrected chi connectivity index (χ0v) is 11.6. The molecule has 1 aliphatic rings. The fourth-order valence-electron chi connectivity index (χ4n) is 2.35. The van der Waals surface area contributed by atoms with Gasteiger partial charge < -0.3 is 14.9 Å². The van der Waals surface area contributed by atoms with E-state index in [0.717, 1.165) is 25.7 Å². The molecule has 2 amide bonds. The van der Waals surface area contributed by atoms with Crippen LogP contribution in [0.2, 0.25) is 0 Å². The summed E-state index contributed by atoms with van der Waals surface area (Å²) in [5, 5.41) is 9.36. The van der Waals surface area contributed by atoms with Crippen molar-refractivity contribution < 1.29 is 14.7 Å². The van der Waals surface area contributed by atoms with Gasteiger partial charge in [0.25, 0.3) is 0 Å². The van der Waals surface area contributed by atoms with Crippen LogP contribution in [0, 0.1) is 0 Å². The summed E-state index contributed by atoms with van der Waals surface area (Å²) in [4.78, 5) is 26.9. The Bertz CT molecular complexity index is 319. The molecule has 0 bridgehead atoms. The highest BCUT2D eigenvalue weighted by Crippen LogP contribution is 2.29. The van der Waals surface area contributed by atoms with E-state index in [2.05, 4.69) is 6.92 Å². The molecule has 0 aromatic carbocycles. The minimum Gasteiger partial charge on any atom is -0.480 e. The maximum absolute atomic E-state index is 12.3. The molecule has 0 spiro atoms. The first-order chi connectivity index (χ1) is 8.43. The molecule has 1 heterocycles. The monoisotopic (exact) mass is 256 g/mol. The zero-order chi connectivity index (χ0) is 13.8. The Labute approximate surface area is 109 Å². The van der Waals surface area contributed by atoms with E-state index in [1.807, 2.05) is 0 Å². The average molecular weight is 256 g/mol. The second-order valence-electron chi connectivity index (χ2n) is 5.25. The van der Waals surface area contributed by atoms with Crippen LogP contribution in [0.5, 0.6) is 0 Å². The van der Waals surface area contributed by atoms with Gasteiger partial charge in [-0.25, -0.2) is 9.59 Å². The van der Waals surface area contributed by atoms with Crippen molar-refractivity contribution in [2.24, 2.45) is 0 Å². The number of hydrogen-bond donors (Lipinski definition) is 1. The fourth-order valence-corrected chi connectivity index (χ4v) is 2.35. The van der Waals surface area contributed by atoms with Crippen molar-refractivity contribution in [3.05, 3.63) is 0 Å². The number of unbranched alkanes of at least 4 members (excludes halogenated alkanes) is 1. The third kappa shape index (κ3) is 2.94. The molecule has 1 unspecified atom stereocenters. The molecule has 0 aromatic rings. The smallest absolute Gasteiger partial charge is 0.329 e. The van der Waals surface area contributed by atoms with E-state index in [9.17, 15) is 14.7 Å². The predicted octanol–water partition coefficient (Wildman–Crippen LogP) is 2.17. The summed E-state index contributed by atoms with van der Waals surface area (Å²) in [7, 11) is 1.74. The van der Waals surface area contributed by atoms with Crippen molar-refractivity contribution >= 4 is 12.0 Å². The summed E-state index contributed by atoms with van der Waals surface area (Å²) in [6.45, 7) is 4.94. The third-order valence-electron chi connectivity index (χ3n) is 3.76. The van der Waals surface area contributed by atoms with Crippen LogP contribution in [0.4, 0.5) is 4.79 Å². The molecule has 0 saturated carbocycles. The number of amides is 2. The highest BCUT2D eigenvalue weighted by atomic mass is 16.4. The van der Waals surface area contributed by atoms with E-state index in [0.29, 0.717) is 19.5 Å². The molecule has 1 aliphatic heterocycles. The van der Waals surface area contributed by atoms with Gasteiger partial charge in [0.05, 0.1) is 0 Å². The van der Waals surface area contributed by atoms with E-state index >= 15 is 0 Å². The quantitative estimate of drug-likeness (QED) is 0.838. The molecule has 0 radical (unpaired) electrons. The summed E-state index contributed by atoms with van der Waals surface area (Å²) in [5.41, 5.74) is -1.05. The van der Waals surface area contributed by atoms with Crippen molar-refractivity contribution in [1.82, 2.24) is 9.80 Å². The lowest BCUT2D eigenvalue weighted by Gasteiger charge is -2.43.